The van der Waals surface area contributed by atoms with Crippen LogP contribution in [0.1, 0.15) is 48.9 Å². The molecule has 2 aromatic rings. The van der Waals surface area contributed by atoms with Crippen LogP contribution in [0, 0.1) is 6.92 Å². The number of hydrogen-bond acceptors (Lipinski definition) is 5. The molecule has 2 saturated heterocycles. The van der Waals surface area contributed by atoms with Crippen molar-refractivity contribution in [3.05, 3.63) is 60.3 Å². The van der Waals surface area contributed by atoms with E-state index in [1.165, 1.54) is 6.08 Å². The van der Waals surface area contributed by atoms with E-state index in [1.807, 2.05) is 42.2 Å². The van der Waals surface area contributed by atoms with E-state index in [0.29, 0.717) is 50.7 Å². The molecule has 2 amide bonds. The lowest BCUT2D eigenvalue weighted by Crippen LogP contribution is -2.55. The Morgan fingerprint density at radius 3 is 2.33 bits per heavy atom. The van der Waals surface area contributed by atoms with Gasteiger partial charge in [0.05, 0.1) is 5.41 Å². The normalized spacial score (nSPS) is 19.5. The summed E-state index contributed by atoms with van der Waals surface area (Å²) >= 11 is 0. The molecule has 0 aliphatic carbocycles. The Morgan fingerprint density at radius 1 is 1.10 bits per heavy atom. The minimum Gasteiger partial charge on any atom is -0.342 e. The zero-order chi connectivity index (χ0) is 21.1. The Bertz CT molecular complexity index is 908. The standard InChI is InChI=1S/C23H28N4O3/c1-3-20(28)26-15-11-23(12-16-26,19-7-5-4-6-8-19)22(29)27-13-9-18(10-14-27)21-24-17(2)25-30-21/h3-8,18H,1,9-16H2,2H3. The lowest BCUT2D eigenvalue weighted by molar-refractivity contribution is -0.142. The van der Waals surface area contributed by atoms with Gasteiger partial charge in [-0.15, -0.1) is 0 Å². The molecule has 0 radical (unpaired) electrons. The summed E-state index contributed by atoms with van der Waals surface area (Å²) in [5.74, 6) is 1.62. The molecule has 3 heterocycles. The number of amides is 2. The Labute approximate surface area is 176 Å². The van der Waals surface area contributed by atoms with Gasteiger partial charge in [0.1, 0.15) is 0 Å². The average Bonchev–Trinajstić information content (AvgIpc) is 3.25. The third-order valence-electron chi connectivity index (χ3n) is 6.51. The van der Waals surface area contributed by atoms with Crippen molar-refractivity contribution >= 4 is 11.8 Å². The monoisotopic (exact) mass is 408 g/mol. The van der Waals surface area contributed by atoms with Crippen LogP contribution in [0.4, 0.5) is 0 Å². The van der Waals surface area contributed by atoms with Crippen LogP contribution in [0.3, 0.4) is 0 Å². The molecule has 2 aliphatic rings. The van der Waals surface area contributed by atoms with Crippen LogP contribution >= 0.6 is 0 Å². The number of nitrogens with zero attached hydrogens (tertiary/aromatic N) is 4. The summed E-state index contributed by atoms with van der Waals surface area (Å²) in [4.78, 5) is 34.0. The van der Waals surface area contributed by atoms with E-state index in [9.17, 15) is 9.59 Å². The van der Waals surface area contributed by atoms with Gasteiger partial charge in [-0.25, -0.2) is 0 Å². The second-order valence-electron chi connectivity index (χ2n) is 8.22. The lowest BCUT2D eigenvalue weighted by Gasteiger charge is -2.44. The van der Waals surface area contributed by atoms with Gasteiger partial charge in [-0.1, -0.05) is 42.1 Å². The maximum atomic E-state index is 13.8. The number of carbonyl (C=O) groups is 2. The highest BCUT2D eigenvalue weighted by Crippen LogP contribution is 2.39. The van der Waals surface area contributed by atoms with Crippen molar-refractivity contribution in [2.24, 2.45) is 0 Å². The molecule has 2 fully saturated rings. The zero-order valence-corrected chi connectivity index (χ0v) is 17.4. The van der Waals surface area contributed by atoms with Gasteiger partial charge < -0.3 is 14.3 Å². The molecule has 2 aliphatic heterocycles. The van der Waals surface area contributed by atoms with Gasteiger partial charge >= 0.3 is 0 Å². The molecular formula is C23H28N4O3. The summed E-state index contributed by atoms with van der Waals surface area (Å²) in [6.45, 7) is 7.88. The van der Waals surface area contributed by atoms with E-state index in [4.69, 9.17) is 4.52 Å². The highest BCUT2D eigenvalue weighted by atomic mass is 16.5. The number of likely N-dealkylation sites (tertiary alicyclic amines) is 2. The van der Waals surface area contributed by atoms with Gasteiger partial charge in [-0.05, 0) is 44.2 Å². The van der Waals surface area contributed by atoms with Crippen LogP contribution < -0.4 is 0 Å². The number of carbonyl (C=O) groups excluding carboxylic acids is 2. The van der Waals surface area contributed by atoms with Crippen LogP contribution in [0.15, 0.2) is 47.5 Å². The fourth-order valence-electron chi connectivity index (χ4n) is 4.73. The number of aromatic nitrogens is 2. The van der Waals surface area contributed by atoms with Crippen molar-refractivity contribution in [2.45, 2.75) is 43.9 Å². The van der Waals surface area contributed by atoms with E-state index >= 15 is 0 Å². The predicted molar refractivity (Wildman–Crippen MR) is 112 cm³/mol. The summed E-state index contributed by atoms with van der Waals surface area (Å²) in [5.41, 5.74) is 0.447. The van der Waals surface area contributed by atoms with Crippen LogP contribution in [-0.2, 0) is 15.0 Å². The van der Waals surface area contributed by atoms with Gasteiger partial charge in [0.25, 0.3) is 0 Å². The molecule has 0 atom stereocenters. The van der Waals surface area contributed by atoms with Gasteiger partial charge in [0.2, 0.25) is 17.7 Å². The molecule has 30 heavy (non-hydrogen) atoms. The minimum absolute atomic E-state index is 0.0697. The number of aryl methyl sites for hydroxylation is 1. The first kappa shape index (κ1) is 20.3. The van der Waals surface area contributed by atoms with Crippen LogP contribution in [0.5, 0.6) is 0 Å². The molecule has 158 valence electrons. The molecule has 4 rings (SSSR count). The third kappa shape index (κ3) is 3.76. The Balaban J connectivity index is 1.51. The maximum absolute atomic E-state index is 13.8. The first-order valence-corrected chi connectivity index (χ1v) is 10.6. The lowest BCUT2D eigenvalue weighted by atomic mass is 9.71. The molecule has 0 N–H and O–H groups in total. The number of benzene rings is 1. The van der Waals surface area contributed by atoms with Crippen LogP contribution in [0.2, 0.25) is 0 Å². The Kier molecular flexibility index (Phi) is 5.70. The predicted octanol–water partition coefficient (Wildman–Crippen LogP) is 2.83. The van der Waals surface area contributed by atoms with Crippen LogP contribution in [-0.4, -0.2) is 57.9 Å². The minimum atomic E-state index is -0.590. The topological polar surface area (TPSA) is 79.5 Å². The average molecular weight is 409 g/mol. The molecule has 0 unspecified atom stereocenters. The molecule has 0 bridgehead atoms. The Hall–Kier alpha value is -2.96. The van der Waals surface area contributed by atoms with E-state index in [1.54, 1.807) is 4.90 Å². The van der Waals surface area contributed by atoms with E-state index < -0.39 is 5.41 Å². The van der Waals surface area contributed by atoms with Crippen molar-refractivity contribution in [3.8, 4) is 0 Å². The molecule has 1 aromatic heterocycles. The van der Waals surface area contributed by atoms with Crippen molar-refractivity contribution < 1.29 is 14.1 Å². The fourth-order valence-corrected chi connectivity index (χ4v) is 4.73. The summed E-state index contributed by atoms with van der Waals surface area (Å²) in [7, 11) is 0. The fraction of sp³-hybridized carbons (Fsp3) is 0.478. The summed E-state index contributed by atoms with van der Waals surface area (Å²) in [6, 6.07) is 10.0. The number of hydrogen-bond donors (Lipinski definition) is 0. The second-order valence-corrected chi connectivity index (χ2v) is 8.22. The molecule has 1 aromatic carbocycles. The van der Waals surface area contributed by atoms with Crippen molar-refractivity contribution in [1.29, 1.82) is 0 Å². The quantitative estimate of drug-likeness (QED) is 0.727. The third-order valence-corrected chi connectivity index (χ3v) is 6.51. The highest BCUT2D eigenvalue weighted by Gasteiger charge is 2.46. The largest absolute Gasteiger partial charge is 0.342 e. The first-order valence-electron chi connectivity index (χ1n) is 10.6. The smallest absolute Gasteiger partial charge is 0.245 e. The van der Waals surface area contributed by atoms with Crippen molar-refractivity contribution in [3.63, 3.8) is 0 Å². The van der Waals surface area contributed by atoms with Gasteiger partial charge in [0, 0.05) is 32.1 Å². The summed E-state index contributed by atoms with van der Waals surface area (Å²) < 4.78 is 5.34. The first-order chi connectivity index (χ1) is 14.5. The van der Waals surface area contributed by atoms with E-state index in [2.05, 4.69) is 16.7 Å². The number of rotatable bonds is 4. The van der Waals surface area contributed by atoms with E-state index in [0.717, 1.165) is 18.4 Å². The number of piperidine rings is 2. The summed E-state index contributed by atoms with van der Waals surface area (Å²) in [6.07, 6.45) is 4.23. The van der Waals surface area contributed by atoms with Crippen molar-refractivity contribution in [1.82, 2.24) is 19.9 Å². The maximum Gasteiger partial charge on any atom is 0.245 e. The van der Waals surface area contributed by atoms with Crippen LogP contribution in [0.25, 0.3) is 0 Å². The molecule has 0 saturated carbocycles. The molecule has 7 heteroatoms. The molecular weight excluding hydrogens is 380 g/mol. The van der Waals surface area contributed by atoms with Gasteiger partial charge in [-0.2, -0.15) is 4.98 Å². The second kappa shape index (κ2) is 8.42. The van der Waals surface area contributed by atoms with Crippen molar-refractivity contribution in [2.75, 3.05) is 26.2 Å². The highest BCUT2D eigenvalue weighted by molar-refractivity contribution is 5.90. The van der Waals surface area contributed by atoms with Gasteiger partial charge in [-0.3, -0.25) is 9.59 Å². The van der Waals surface area contributed by atoms with Gasteiger partial charge in [0.15, 0.2) is 5.82 Å². The van der Waals surface area contributed by atoms with E-state index in [-0.39, 0.29) is 17.7 Å². The Morgan fingerprint density at radius 2 is 1.77 bits per heavy atom. The molecule has 7 nitrogen and oxygen atoms in total. The summed E-state index contributed by atoms with van der Waals surface area (Å²) in [5, 5.41) is 3.89. The molecule has 0 spiro atoms. The zero-order valence-electron chi connectivity index (χ0n) is 17.4. The SMILES string of the molecule is C=CC(=O)N1CCC(C(=O)N2CCC(c3nc(C)no3)CC2)(c2ccccc2)CC1.